The van der Waals surface area contributed by atoms with E-state index in [1.807, 2.05) is 0 Å². The van der Waals surface area contributed by atoms with Gasteiger partial charge in [-0.1, -0.05) is 12.1 Å². The lowest BCUT2D eigenvalue weighted by Crippen LogP contribution is -2.33. The molecule has 0 bridgehead atoms. The molecule has 3 nitrogen and oxygen atoms in total. The molecule has 0 aliphatic rings. The number of hydrogen-bond donors (Lipinski definition) is 3. The van der Waals surface area contributed by atoms with Crippen molar-refractivity contribution in [3.05, 3.63) is 29.8 Å². The molecule has 0 saturated heterocycles. The van der Waals surface area contributed by atoms with Crippen molar-refractivity contribution in [3.63, 3.8) is 0 Å². The first-order valence-electron chi connectivity index (χ1n) is 5.26. The SMILES string of the molecule is OCC(O)CNc1cccc(C(F)(F)C(F)(F)F)c1. The predicted molar refractivity (Wildman–Crippen MR) is 58.0 cm³/mol. The van der Waals surface area contributed by atoms with Crippen LogP contribution in [0.15, 0.2) is 24.3 Å². The van der Waals surface area contributed by atoms with Gasteiger partial charge in [-0.15, -0.1) is 0 Å². The fourth-order valence-electron chi connectivity index (χ4n) is 1.29. The van der Waals surface area contributed by atoms with Crippen molar-refractivity contribution in [3.8, 4) is 0 Å². The van der Waals surface area contributed by atoms with Gasteiger partial charge in [-0.25, -0.2) is 0 Å². The van der Waals surface area contributed by atoms with Crippen LogP contribution in [0, 0.1) is 0 Å². The zero-order valence-electron chi connectivity index (χ0n) is 9.59. The molecular weight excluding hydrogens is 273 g/mol. The van der Waals surface area contributed by atoms with Gasteiger partial charge in [-0.2, -0.15) is 22.0 Å². The second kappa shape index (κ2) is 5.70. The molecule has 19 heavy (non-hydrogen) atoms. The molecule has 1 unspecified atom stereocenters. The van der Waals surface area contributed by atoms with Crippen molar-refractivity contribution >= 4 is 5.69 Å². The number of hydrogen-bond acceptors (Lipinski definition) is 3. The van der Waals surface area contributed by atoms with Gasteiger partial charge in [0.1, 0.15) is 0 Å². The zero-order chi connectivity index (χ0) is 14.7. The van der Waals surface area contributed by atoms with Gasteiger partial charge in [0.2, 0.25) is 0 Å². The molecule has 0 heterocycles. The molecule has 108 valence electrons. The minimum absolute atomic E-state index is 0.00563. The van der Waals surface area contributed by atoms with Crippen LogP contribution in [0.25, 0.3) is 0 Å². The fraction of sp³-hybridized carbons (Fsp3) is 0.455. The lowest BCUT2D eigenvalue weighted by molar-refractivity contribution is -0.289. The van der Waals surface area contributed by atoms with E-state index >= 15 is 0 Å². The molecule has 0 saturated carbocycles. The number of alkyl halides is 5. The van der Waals surface area contributed by atoms with Crippen molar-refractivity contribution in [2.24, 2.45) is 0 Å². The third-order valence-electron chi connectivity index (χ3n) is 2.33. The Labute approximate surface area is 105 Å². The molecule has 1 aromatic carbocycles. The van der Waals surface area contributed by atoms with Crippen LogP contribution < -0.4 is 5.32 Å². The van der Waals surface area contributed by atoms with Crippen molar-refractivity contribution in [1.29, 1.82) is 0 Å². The van der Waals surface area contributed by atoms with Gasteiger partial charge in [0, 0.05) is 17.8 Å². The Bertz CT molecular complexity index is 422. The van der Waals surface area contributed by atoms with Crippen LogP contribution in [0.4, 0.5) is 27.6 Å². The highest BCUT2D eigenvalue weighted by Gasteiger charge is 2.58. The summed E-state index contributed by atoms with van der Waals surface area (Å²) in [6.07, 6.45) is -6.80. The van der Waals surface area contributed by atoms with Crippen molar-refractivity contribution < 1.29 is 32.2 Å². The Morgan fingerprint density at radius 3 is 2.32 bits per heavy atom. The molecular formula is C11H12F5NO2. The number of aliphatic hydroxyl groups excluding tert-OH is 2. The maximum Gasteiger partial charge on any atom is 0.458 e. The van der Waals surface area contributed by atoms with Gasteiger partial charge in [0.25, 0.3) is 0 Å². The molecule has 8 heteroatoms. The number of anilines is 1. The Morgan fingerprint density at radius 1 is 1.16 bits per heavy atom. The van der Waals surface area contributed by atoms with E-state index in [1.165, 1.54) is 6.07 Å². The minimum atomic E-state index is -5.67. The first kappa shape index (κ1) is 15.6. The molecule has 1 atom stereocenters. The zero-order valence-corrected chi connectivity index (χ0v) is 9.59. The molecule has 0 spiro atoms. The third-order valence-corrected chi connectivity index (χ3v) is 2.33. The first-order chi connectivity index (χ1) is 8.68. The molecule has 0 amide bonds. The van der Waals surface area contributed by atoms with Crippen molar-refractivity contribution in [1.82, 2.24) is 0 Å². The van der Waals surface area contributed by atoms with Crippen LogP contribution in [0.2, 0.25) is 0 Å². The summed E-state index contributed by atoms with van der Waals surface area (Å²) in [5, 5.41) is 20.0. The summed E-state index contributed by atoms with van der Waals surface area (Å²) in [7, 11) is 0. The highest BCUT2D eigenvalue weighted by molar-refractivity contribution is 5.47. The summed E-state index contributed by atoms with van der Waals surface area (Å²) in [4.78, 5) is 0. The lowest BCUT2D eigenvalue weighted by atomic mass is 10.1. The highest BCUT2D eigenvalue weighted by Crippen LogP contribution is 2.44. The normalized spacial score (nSPS) is 14.3. The Balaban J connectivity index is 2.89. The summed E-state index contributed by atoms with van der Waals surface area (Å²) < 4.78 is 62.7. The Hall–Kier alpha value is -1.41. The molecule has 0 fully saturated rings. The van der Waals surface area contributed by atoms with E-state index < -0.39 is 30.4 Å². The summed E-state index contributed by atoms with van der Waals surface area (Å²) >= 11 is 0. The smallest absolute Gasteiger partial charge is 0.394 e. The van der Waals surface area contributed by atoms with Crippen LogP contribution in [0.3, 0.4) is 0 Å². The molecule has 1 rings (SSSR count). The monoisotopic (exact) mass is 285 g/mol. The lowest BCUT2D eigenvalue weighted by Gasteiger charge is -2.20. The number of halogens is 5. The maximum absolute atomic E-state index is 13.1. The summed E-state index contributed by atoms with van der Waals surface area (Å²) in [6, 6.07) is 3.64. The van der Waals surface area contributed by atoms with Crippen molar-refractivity contribution in [2.75, 3.05) is 18.5 Å². The van der Waals surface area contributed by atoms with E-state index in [0.717, 1.165) is 6.07 Å². The molecule has 1 aromatic rings. The van der Waals surface area contributed by atoms with E-state index in [-0.39, 0.29) is 12.2 Å². The second-order valence-electron chi connectivity index (χ2n) is 3.87. The van der Waals surface area contributed by atoms with Crippen LogP contribution >= 0.6 is 0 Å². The largest absolute Gasteiger partial charge is 0.458 e. The van der Waals surface area contributed by atoms with Gasteiger partial charge < -0.3 is 15.5 Å². The van der Waals surface area contributed by atoms with Gasteiger partial charge in [0.15, 0.2) is 0 Å². The van der Waals surface area contributed by atoms with E-state index in [0.29, 0.717) is 12.1 Å². The van der Waals surface area contributed by atoms with E-state index in [9.17, 15) is 22.0 Å². The highest BCUT2D eigenvalue weighted by atomic mass is 19.4. The molecule has 0 aromatic heterocycles. The van der Waals surface area contributed by atoms with Gasteiger partial charge in [-0.3, -0.25) is 0 Å². The Morgan fingerprint density at radius 2 is 1.79 bits per heavy atom. The average Bonchev–Trinajstić information content (AvgIpc) is 2.35. The molecule has 0 aliphatic heterocycles. The van der Waals surface area contributed by atoms with E-state index in [1.54, 1.807) is 0 Å². The number of rotatable bonds is 5. The predicted octanol–water partition coefficient (Wildman–Crippen LogP) is 2.11. The van der Waals surface area contributed by atoms with Crippen LogP contribution in [-0.2, 0) is 5.92 Å². The third kappa shape index (κ3) is 3.77. The molecule has 3 N–H and O–H groups in total. The molecule has 0 radical (unpaired) electrons. The maximum atomic E-state index is 13.1. The van der Waals surface area contributed by atoms with Gasteiger partial charge in [-0.05, 0) is 12.1 Å². The van der Waals surface area contributed by atoms with Gasteiger partial charge >= 0.3 is 12.1 Å². The number of nitrogens with one attached hydrogen (secondary N) is 1. The van der Waals surface area contributed by atoms with Gasteiger partial charge in [0.05, 0.1) is 12.7 Å². The number of benzene rings is 1. The Kier molecular flexibility index (Phi) is 4.70. The summed E-state index contributed by atoms with van der Waals surface area (Å²) in [5.74, 6) is -4.94. The summed E-state index contributed by atoms with van der Waals surface area (Å²) in [5.41, 5.74) is -1.20. The van der Waals surface area contributed by atoms with Crippen LogP contribution in [0.1, 0.15) is 5.56 Å². The van der Waals surface area contributed by atoms with E-state index in [4.69, 9.17) is 10.2 Å². The second-order valence-corrected chi connectivity index (χ2v) is 3.87. The average molecular weight is 285 g/mol. The molecule has 0 aliphatic carbocycles. The standard InChI is InChI=1S/C11H12F5NO2/c12-10(13,11(14,15)16)7-2-1-3-8(4-7)17-5-9(19)6-18/h1-4,9,17-19H,5-6H2. The quantitative estimate of drug-likeness (QED) is 0.726. The van der Waals surface area contributed by atoms with Crippen molar-refractivity contribution in [2.45, 2.75) is 18.2 Å². The van der Waals surface area contributed by atoms with Crippen LogP contribution in [0.5, 0.6) is 0 Å². The summed E-state index contributed by atoms with van der Waals surface area (Å²) in [6.45, 7) is -0.719. The van der Waals surface area contributed by atoms with Crippen LogP contribution in [-0.4, -0.2) is 35.6 Å². The topological polar surface area (TPSA) is 52.5 Å². The fourth-order valence-corrected chi connectivity index (χ4v) is 1.29. The van der Waals surface area contributed by atoms with E-state index in [2.05, 4.69) is 5.32 Å². The first-order valence-corrected chi connectivity index (χ1v) is 5.26. The number of aliphatic hydroxyl groups is 2. The minimum Gasteiger partial charge on any atom is -0.394 e.